The van der Waals surface area contributed by atoms with Crippen molar-refractivity contribution < 1.29 is 17.6 Å². The lowest BCUT2D eigenvalue weighted by atomic mass is 10.0. The van der Waals surface area contributed by atoms with E-state index in [0.29, 0.717) is 22.8 Å². The predicted octanol–water partition coefficient (Wildman–Crippen LogP) is 4.38. The number of halogens is 2. The third-order valence-corrected chi connectivity index (χ3v) is 6.30. The summed E-state index contributed by atoms with van der Waals surface area (Å²) < 4.78 is 36.8. The van der Waals surface area contributed by atoms with E-state index >= 15 is 0 Å². The fraction of sp³-hybridized carbons (Fsp3) is 0.316. The number of carbonyl (C=O) groups is 1. The SMILES string of the molecule is CC[C@H](NC(=O)CSCc1ccc(Cl)cc1F)c1ccc(S(C)(=O)=O)cc1. The number of thioether (sulfide) groups is 1. The Morgan fingerprint density at radius 1 is 1.22 bits per heavy atom. The van der Waals surface area contributed by atoms with E-state index in [2.05, 4.69) is 5.32 Å². The van der Waals surface area contributed by atoms with E-state index in [1.54, 1.807) is 24.3 Å². The second-order valence-electron chi connectivity index (χ2n) is 6.10. The molecule has 2 aromatic carbocycles. The first-order chi connectivity index (χ1) is 12.7. The van der Waals surface area contributed by atoms with Crippen LogP contribution in [0.3, 0.4) is 0 Å². The molecule has 0 bridgehead atoms. The third-order valence-electron chi connectivity index (χ3n) is 3.96. The molecule has 1 N–H and O–H groups in total. The minimum absolute atomic E-state index is 0.159. The molecule has 1 atom stereocenters. The van der Waals surface area contributed by atoms with Gasteiger partial charge >= 0.3 is 0 Å². The van der Waals surface area contributed by atoms with Crippen LogP contribution < -0.4 is 5.32 Å². The summed E-state index contributed by atoms with van der Waals surface area (Å²) in [6.07, 6.45) is 1.82. The molecule has 0 heterocycles. The highest BCUT2D eigenvalue weighted by atomic mass is 35.5. The highest BCUT2D eigenvalue weighted by Gasteiger charge is 2.14. The number of rotatable bonds is 8. The molecule has 146 valence electrons. The van der Waals surface area contributed by atoms with E-state index in [4.69, 9.17) is 11.6 Å². The van der Waals surface area contributed by atoms with Crippen LogP contribution in [-0.2, 0) is 20.4 Å². The van der Waals surface area contributed by atoms with E-state index < -0.39 is 9.84 Å². The first-order valence-electron chi connectivity index (χ1n) is 8.31. The largest absolute Gasteiger partial charge is 0.349 e. The minimum Gasteiger partial charge on any atom is -0.349 e. The first-order valence-corrected chi connectivity index (χ1v) is 11.7. The van der Waals surface area contributed by atoms with E-state index in [9.17, 15) is 17.6 Å². The van der Waals surface area contributed by atoms with Gasteiger partial charge in [0.15, 0.2) is 9.84 Å². The maximum Gasteiger partial charge on any atom is 0.230 e. The molecule has 0 aliphatic heterocycles. The minimum atomic E-state index is -3.25. The Hall–Kier alpha value is -1.57. The van der Waals surface area contributed by atoms with Crippen LogP contribution in [0.15, 0.2) is 47.4 Å². The summed E-state index contributed by atoms with van der Waals surface area (Å²) in [5, 5.41) is 3.27. The number of hydrogen-bond donors (Lipinski definition) is 1. The molecule has 0 aliphatic rings. The molecule has 0 unspecified atom stereocenters. The van der Waals surface area contributed by atoms with Crippen LogP contribution in [0.1, 0.15) is 30.5 Å². The summed E-state index contributed by atoms with van der Waals surface area (Å²) in [5.74, 6) is 0.0252. The molecule has 2 rings (SSSR count). The van der Waals surface area contributed by atoms with Crippen LogP contribution in [-0.4, -0.2) is 26.3 Å². The van der Waals surface area contributed by atoms with Crippen molar-refractivity contribution in [1.29, 1.82) is 0 Å². The Labute approximate surface area is 168 Å². The molecule has 4 nitrogen and oxygen atoms in total. The maximum absolute atomic E-state index is 13.7. The molecular formula is C19H21ClFNO3S2. The zero-order chi connectivity index (χ0) is 20.0. The highest BCUT2D eigenvalue weighted by molar-refractivity contribution is 7.99. The highest BCUT2D eigenvalue weighted by Crippen LogP contribution is 2.21. The Balaban J connectivity index is 1.91. The summed E-state index contributed by atoms with van der Waals surface area (Å²) in [6.45, 7) is 1.94. The Morgan fingerprint density at radius 2 is 1.89 bits per heavy atom. The van der Waals surface area contributed by atoms with Gasteiger partial charge in [-0.05, 0) is 41.8 Å². The molecule has 0 aliphatic carbocycles. The molecule has 1 amide bonds. The van der Waals surface area contributed by atoms with Crippen LogP contribution in [0.5, 0.6) is 0 Å². The number of carbonyl (C=O) groups excluding carboxylic acids is 1. The monoisotopic (exact) mass is 429 g/mol. The van der Waals surface area contributed by atoms with Crippen molar-refractivity contribution in [2.75, 3.05) is 12.0 Å². The van der Waals surface area contributed by atoms with Gasteiger partial charge in [0.1, 0.15) is 5.82 Å². The molecular weight excluding hydrogens is 409 g/mol. The van der Waals surface area contributed by atoms with Crippen molar-refractivity contribution in [3.8, 4) is 0 Å². The van der Waals surface area contributed by atoms with Gasteiger partial charge in [-0.15, -0.1) is 11.8 Å². The van der Waals surface area contributed by atoms with Gasteiger partial charge in [0.2, 0.25) is 5.91 Å². The quantitative estimate of drug-likeness (QED) is 0.676. The molecule has 27 heavy (non-hydrogen) atoms. The number of benzene rings is 2. The molecule has 0 aromatic heterocycles. The number of sulfone groups is 1. The molecule has 0 radical (unpaired) electrons. The molecule has 2 aromatic rings. The van der Waals surface area contributed by atoms with E-state index in [1.807, 2.05) is 6.92 Å². The summed E-state index contributed by atoms with van der Waals surface area (Å²) in [6, 6.07) is 10.8. The second kappa shape index (κ2) is 9.57. The van der Waals surface area contributed by atoms with Crippen molar-refractivity contribution in [1.82, 2.24) is 5.32 Å². The van der Waals surface area contributed by atoms with Gasteiger partial charge in [0.25, 0.3) is 0 Å². The van der Waals surface area contributed by atoms with Crippen molar-refractivity contribution in [2.45, 2.75) is 30.0 Å². The van der Waals surface area contributed by atoms with Gasteiger partial charge in [-0.3, -0.25) is 4.79 Å². The lowest BCUT2D eigenvalue weighted by Crippen LogP contribution is -2.29. The van der Waals surface area contributed by atoms with Crippen LogP contribution in [0, 0.1) is 5.82 Å². The molecule has 8 heteroatoms. The predicted molar refractivity (Wildman–Crippen MR) is 108 cm³/mol. The van der Waals surface area contributed by atoms with Gasteiger partial charge in [0.05, 0.1) is 16.7 Å². The Bertz CT molecular complexity index is 902. The Kier molecular flexibility index (Phi) is 7.70. The van der Waals surface area contributed by atoms with E-state index in [1.165, 1.54) is 30.0 Å². The smallest absolute Gasteiger partial charge is 0.230 e. The topological polar surface area (TPSA) is 63.2 Å². The van der Waals surface area contributed by atoms with Gasteiger partial charge in [-0.25, -0.2) is 12.8 Å². The number of hydrogen-bond acceptors (Lipinski definition) is 4. The summed E-state index contributed by atoms with van der Waals surface area (Å²) in [4.78, 5) is 12.4. The number of nitrogens with one attached hydrogen (secondary N) is 1. The van der Waals surface area contributed by atoms with Crippen LogP contribution in [0.2, 0.25) is 5.02 Å². The van der Waals surface area contributed by atoms with Gasteiger partial charge in [-0.2, -0.15) is 0 Å². The van der Waals surface area contributed by atoms with Crippen molar-refractivity contribution >= 4 is 39.1 Å². The van der Waals surface area contributed by atoms with Crippen LogP contribution in [0.4, 0.5) is 4.39 Å². The average Bonchev–Trinajstić information content (AvgIpc) is 2.61. The summed E-state index contributed by atoms with van der Waals surface area (Å²) in [5.41, 5.74) is 1.34. The standard InChI is InChI=1S/C19H21ClFNO3S2/c1-3-18(13-5-8-16(9-6-13)27(2,24)25)22-19(23)12-26-11-14-4-7-15(20)10-17(14)21/h4-10,18H,3,11-12H2,1-2H3,(H,22,23)/t18-/m0/s1. The molecule has 0 saturated carbocycles. The fourth-order valence-corrected chi connectivity index (χ4v) is 4.11. The van der Waals surface area contributed by atoms with Crippen LogP contribution >= 0.6 is 23.4 Å². The van der Waals surface area contributed by atoms with Crippen molar-refractivity contribution in [2.24, 2.45) is 0 Å². The zero-order valence-corrected chi connectivity index (χ0v) is 17.4. The first kappa shape index (κ1) is 21.7. The molecule has 0 spiro atoms. The lowest BCUT2D eigenvalue weighted by molar-refractivity contribution is -0.119. The molecule has 0 fully saturated rings. The maximum atomic E-state index is 13.7. The zero-order valence-electron chi connectivity index (χ0n) is 15.0. The van der Waals surface area contributed by atoms with Gasteiger partial charge in [0, 0.05) is 17.0 Å². The molecule has 0 saturated heterocycles. The normalized spacial score (nSPS) is 12.6. The second-order valence-corrected chi connectivity index (χ2v) is 9.54. The Morgan fingerprint density at radius 3 is 2.44 bits per heavy atom. The van der Waals surface area contributed by atoms with Crippen LogP contribution in [0.25, 0.3) is 0 Å². The summed E-state index contributed by atoms with van der Waals surface area (Å²) in [7, 11) is -3.25. The summed E-state index contributed by atoms with van der Waals surface area (Å²) >= 11 is 7.04. The third kappa shape index (κ3) is 6.52. The number of amides is 1. The van der Waals surface area contributed by atoms with E-state index in [-0.39, 0.29) is 28.4 Å². The van der Waals surface area contributed by atoms with E-state index in [0.717, 1.165) is 11.8 Å². The van der Waals surface area contributed by atoms with Crippen molar-refractivity contribution in [3.05, 3.63) is 64.4 Å². The van der Waals surface area contributed by atoms with Crippen molar-refractivity contribution in [3.63, 3.8) is 0 Å². The fourth-order valence-electron chi connectivity index (χ4n) is 2.50. The van der Waals surface area contributed by atoms with Gasteiger partial charge in [-0.1, -0.05) is 36.7 Å². The lowest BCUT2D eigenvalue weighted by Gasteiger charge is -2.18. The average molecular weight is 430 g/mol. The van der Waals surface area contributed by atoms with Gasteiger partial charge < -0.3 is 5.32 Å².